The molecule has 1 aliphatic rings. The third-order valence-corrected chi connectivity index (χ3v) is 3.73. The fraction of sp³-hybridized carbons (Fsp3) is 0.235. The molecule has 0 atom stereocenters. The summed E-state index contributed by atoms with van der Waals surface area (Å²) >= 11 is 0. The molecule has 24 heavy (non-hydrogen) atoms. The Kier molecular flexibility index (Phi) is 4.79. The maximum absolute atomic E-state index is 12.3. The highest BCUT2D eigenvalue weighted by Gasteiger charge is 2.29. The maximum Gasteiger partial charge on any atom is 0.410 e. The minimum Gasteiger partial charge on any atom is -0.445 e. The molecule has 0 spiro atoms. The zero-order valence-electron chi connectivity index (χ0n) is 13.1. The summed E-state index contributed by atoms with van der Waals surface area (Å²) < 4.78 is 5.26. The van der Waals surface area contributed by atoms with Crippen LogP contribution in [0, 0.1) is 0 Å². The number of piperazine rings is 1. The number of hydrogen-bond donors (Lipinski definition) is 0. The van der Waals surface area contributed by atoms with Crippen LogP contribution in [0.1, 0.15) is 5.56 Å². The van der Waals surface area contributed by atoms with Gasteiger partial charge in [0.25, 0.3) is 0 Å². The van der Waals surface area contributed by atoms with Crippen molar-refractivity contribution < 1.29 is 14.3 Å². The molecule has 0 saturated carbocycles. The van der Waals surface area contributed by atoms with Crippen molar-refractivity contribution in [2.75, 3.05) is 24.5 Å². The molecule has 2 heterocycles. The molecule has 0 aliphatic carbocycles. The van der Waals surface area contributed by atoms with Crippen LogP contribution in [0.4, 0.5) is 10.6 Å². The standard InChI is InChI=1S/C17H16BN3O3/c18-14-6-7-15(19-10-14)21-9-8-20(11-16(21)22)17(23)24-12-13-4-2-1-3-5-13/h1-7,10H,8-9,11-12H2. The quantitative estimate of drug-likeness (QED) is 0.787. The van der Waals surface area contributed by atoms with Crippen molar-refractivity contribution in [2.45, 2.75) is 6.61 Å². The number of anilines is 1. The fourth-order valence-electron chi connectivity index (χ4n) is 2.44. The van der Waals surface area contributed by atoms with Gasteiger partial charge in [0.05, 0.1) is 0 Å². The normalized spacial score (nSPS) is 14.6. The van der Waals surface area contributed by atoms with Gasteiger partial charge in [-0.15, -0.1) is 0 Å². The number of carbonyl (C=O) groups excluding carboxylic acids is 2. The van der Waals surface area contributed by atoms with Crippen LogP contribution >= 0.6 is 0 Å². The average molecular weight is 321 g/mol. The average Bonchev–Trinajstić information content (AvgIpc) is 2.61. The largest absolute Gasteiger partial charge is 0.445 e. The van der Waals surface area contributed by atoms with Crippen molar-refractivity contribution in [3.8, 4) is 0 Å². The first kappa shape index (κ1) is 16.0. The lowest BCUT2D eigenvalue weighted by atomic mass is 9.99. The van der Waals surface area contributed by atoms with Gasteiger partial charge in [-0.3, -0.25) is 14.6 Å². The van der Waals surface area contributed by atoms with Crippen LogP contribution < -0.4 is 10.4 Å². The molecular formula is C17H16BN3O3. The number of ether oxygens (including phenoxy) is 1. The lowest BCUT2D eigenvalue weighted by molar-refractivity contribution is -0.121. The summed E-state index contributed by atoms with van der Waals surface area (Å²) in [6.07, 6.45) is 1.01. The van der Waals surface area contributed by atoms with Crippen molar-refractivity contribution in [3.05, 3.63) is 54.2 Å². The SMILES string of the molecule is [B]c1ccc(N2CCN(C(=O)OCc3ccccc3)CC2=O)nc1. The molecule has 2 radical (unpaired) electrons. The molecule has 2 amide bonds. The predicted octanol–water partition coefficient (Wildman–Crippen LogP) is 0.861. The fourth-order valence-corrected chi connectivity index (χ4v) is 2.44. The van der Waals surface area contributed by atoms with Crippen molar-refractivity contribution in [1.29, 1.82) is 0 Å². The van der Waals surface area contributed by atoms with Gasteiger partial charge in [0, 0.05) is 19.3 Å². The van der Waals surface area contributed by atoms with Crippen molar-refractivity contribution in [2.24, 2.45) is 0 Å². The van der Waals surface area contributed by atoms with Crippen LogP contribution in [0.5, 0.6) is 0 Å². The molecule has 1 saturated heterocycles. The summed E-state index contributed by atoms with van der Waals surface area (Å²) in [5.74, 6) is 0.335. The van der Waals surface area contributed by atoms with Crippen LogP contribution in [0.15, 0.2) is 48.7 Å². The highest BCUT2D eigenvalue weighted by molar-refractivity contribution is 6.32. The number of amides is 2. The number of rotatable bonds is 3. The second kappa shape index (κ2) is 7.17. The molecular weight excluding hydrogens is 305 g/mol. The van der Waals surface area contributed by atoms with Crippen LogP contribution in [0.25, 0.3) is 0 Å². The van der Waals surface area contributed by atoms with E-state index in [2.05, 4.69) is 4.98 Å². The van der Waals surface area contributed by atoms with Crippen molar-refractivity contribution in [3.63, 3.8) is 0 Å². The molecule has 1 aromatic carbocycles. The van der Waals surface area contributed by atoms with Gasteiger partial charge in [-0.1, -0.05) is 41.9 Å². The Labute approximate surface area is 141 Å². The van der Waals surface area contributed by atoms with Gasteiger partial charge < -0.3 is 4.74 Å². The van der Waals surface area contributed by atoms with Crippen LogP contribution in [-0.2, 0) is 16.1 Å². The van der Waals surface area contributed by atoms with E-state index in [-0.39, 0.29) is 19.1 Å². The summed E-state index contributed by atoms with van der Waals surface area (Å²) in [5.41, 5.74) is 1.44. The van der Waals surface area contributed by atoms with Gasteiger partial charge in [0.1, 0.15) is 26.8 Å². The Morgan fingerprint density at radius 2 is 1.96 bits per heavy atom. The molecule has 0 unspecified atom stereocenters. The summed E-state index contributed by atoms with van der Waals surface area (Å²) in [6.45, 7) is 0.925. The lowest BCUT2D eigenvalue weighted by Crippen LogP contribution is -2.52. The Hall–Kier alpha value is -2.83. The van der Waals surface area contributed by atoms with E-state index in [4.69, 9.17) is 12.6 Å². The lowest BCUT2D eigenvalue weighted by Gasteiger charge is -2.33. The third-order valence-electron chi connectivity index (χ3n) is 3.73. The highest BCUT2D eigenvalue weighted by atomic mass is 16.6. The van der Waals surface area contributed by atoms with Gasteiger partial charge >= 0.3 is 6.09 Å². The van der Waals surface area contributed by atoms with Gasteiger partial charge in [-0.05, 0) is 11.6 Å². The van der Waals surface area contributed by atoms with E-state index < -0.39 is 6.09 Å². The monoisotopic (exact) mass is 321 g/mol. The molecule has 2 aromatic rings. The predicted molar refractivity (Wildman–Crippen MR) is 90.2 cm³/mol. The smallest absolute Gasteiger partial charge is 0.410 e. The molecule has 3 rings (SSSR count). The number of aromatic nitrogens is 1. The van der Waals surface area contributed by atoms with Gasteiger partial charge in [-0.25, -0.2) is 9.78 Å². The molecule has 7 heteroatoms. The molecule has 1 fully saturated rings. The number of pyridine rings is 1. The second-order valence-electron chi connectivity index (χ2n) is 5.46. The van der Waals surface area contributed by atoms with Gasteiger partial charge in [0.15, 0.2) is 0 Å². The van der Waals surface area contributed by atoms with E-state index in [0.717, 1.165) is 5.56 Å². The zero-order chi connectivity index (χ0) is 16.9. The first-order chi connectivity index (χ1) is 11.6. The number of nitrogens with zero attached hydrogens (tertiary/aromatic N) is 3. The molecule has 1 aromatic heterocycles. The summed E-state index contributed by atoms with van der Waals surface area (Å²) in [7, 11) is 5.60. The Morgan fingerprint density at radius 1 is 1.17 bits per heavy atom. The minimum atomic E-state index is -0.489. The molecule has 0 N–H and O–H groups in total. The van der Waals surface area contributed by atoms with E-state index in [9.17, 15) is 9.59 Å². The Morgan fingerprint density at radius 3 is 2.62 bits per heavy atom. The Bertz CT molecular complexity index is 722. The van der Waals surface area contributed by atoms with E-state index in [1.165, 1.54) is 11.1 Å². The topological polar surface area (TPSA) is 62.7 Å². The zero-order valence-corrected chi connectivity index (χ0v) is 13.1. The second-order valence-corrected chi connectivity index (χ2v) is 5.46. The van der Waals surface area contributed by atoms with Crippen molar-refractivity contribution >= 4 is 31.1 Å². The molecule has 0 bridgehead atoms. The summed E-state index contributed by atoms with van der Waals surface area (Å²) in [5, 5.41) is 0. The number of benzene rings is 1. The molecule has 1 aliphatic heterocycles. The summed E-state index contributed by atoms with van der Waals surface area (Å²) in [6, 6.07) is 12.8. The Balaban J connectivity index is 1.55. The van der Waals surface area contributed by atoms with Gasteiger partial charge in [0.2, 0.25) is 5.91 Å². The van der Waals surface area contributed by atoms with E-state index in [1.807, 2.05) is 30.3 Å². The maximum atomic E-state index is 12.3. The van der Waals surface area contributed by atoms with E-state index >= 15 is 0 Å². The minimum absolute atomic E-state index is 0.0281. The number of hydrogen-bond acceptors (Lipinski definition) is 4. The van der Waals surface area contributed by atoms with Crippen LogP contribution in [0.3, 0.4) is 0 Å². The first-order valence-electron chi connectivity index (χ1n) is 7.61. The van der Waals surface area contributed by atoms with Gasteiger partial charge in [-0.2, -0.15) is 0 Å². The summed E-state index contributed by atoms with van der Waals surface area (Å²) in [4.78, 5) is 31.5. The van der Waals surface area contributed by atoms with E-state index in [1.54, 1.807) is 17.0 Å². The van der Waals surface area contributed by atoms with Crippen LogP contribution in [0.2, 0.25) is 0 Å². The molecule has 120 valence electrons. The molecule has 6 nitrogen and oxygen atoms in total. The number of carbonyl (C=O) groups is 2. The highest BCUT2D eigenvalue weighted by Crippen LogP contribution is 2.14. The third kappa shape index (κ3) is 3.74. The van der Waals surface area contributed by atoms with E-state index in [0.29, 0.717) is 24.4 Å². The first-order valence-corrected chi connectivity index (χ1v) is 7.61. The van der Waals surface area contributed by atoms with Crippen molar-refractivity contribution in [1.82, 2.24) is 9.88 Å². The van der Waals surface area contributed by atoms with Crippen LogP contribution in [-0.4, -0.2) is 49.4 Å².